The number of piperazine rings is 1. The maximum absolute atomic E-state index is 13.1. The molecule has 1 aliphatic heterocycles. The zero-order valence-electron chi connectivity index (χ0n) is 16.5. The van der Waals surface area contributed by atoms with E-state index in [1.54, 1.807) is 12.1 Å². The first kappa shape index (κ1) is 23.6. The van der Waals surface area contributed by atoms with E-state index in [2.05, 4.69) is 41.5 Å². The summed E-state index contributed by atoms with van der Waals surface area (Å²) >= 11 is 0. The van der Waals surface area contributed by atoms with E-state index in [0.717, 1.165) is 43.7 Å². The smallest absolute Gasteiger partial charge is 0.236 e. The van der Waals surface area contributed by atoms with Gasteiger partial charge in [0.2, 0.25) is 5.91 Å². The van der Waals surface area contributed by atoms with Gasteiger partial charge in [-0.15, -0.1) is 24.8 Å². The van der Waals surface area contributed by atoms with Gasteiger partial charge in [-0.3, -0.25) is 4.79 Å². The van der Waals surface area contributed by atoms with Crippen LogP contribution in [0, 0.1) is 5.82 Å². The highest BCUT2D eigenvalue weighted by atomic mass is 35.5. The molecule has 7 heteroatoms. The third kappa shape index (κ3) is 5.92. The molecule has 1 aliphatic carbocycles. The van der Waals surface area contributed by atoms with Crippen LogP contribution in [0.2, 0.25) is 0 Å². The summed E-state index contributed by atoms with van der Waals surface area (Å²) < 4.78 is 13.1. The number of benzene rings is 2. The molecule has 0 aromatic heterocycles. The summed E-state index contributed by atoms with van der Waals surface area (Å²) in [6, 6.07) is 15.4. The van der Waals surface area contributed by atoms with Gasteiger partial charge < -0.3 is 15.1 Å². The van der Waals surface area contributed by atoms with Crippen molar-refractivity contribution in [1.82, 2.24) is 15.1 Å². The number of carbonyl (C=O) groups excluding carboxylic acids is 1. The molecule has 2 aromatic carbocycles. The third-order valence-electron chi connectivity index (χ3n) is 5.68. The number of nitrogens with one attached hydrogen (secondary N) is 1. The molecule has 1 unspecified atom stereocenters. The molecule has 2 aromatic rings. The van der Waals surface area contributed by atoms with Gasteiger partial charge in [-0.2, -0.15) is 0 Å². The third-order valence-corrected chi connectivity index (χ3v) is 5.68. The van der Waals surface area contributed by atoms with Gasteiger partial charge in [-0.25, -0.2) is 4.39 Å². The van der Waals surface area contributed by atoms with Crippen molar-refractivity contribution in [3.8, 4) is 11.1 Å². The molecule has 0 radical (unpaired) electrons. The predicted molar refractivity (Wildman–Crippen MR) is 120 cm³/mol. The molecule has 4 rings (SSSR count). The maximum atomic E-state index is 13.1. The Bertz CT molecular complexity index is 793. The first-order valence-corrected chi connectivity index (χ1v) is 9.66. The van der Waals surface area contributed by atoms with Crippen LogP contribution in [0.1, 0.15) is 17.9 Å². The van der Waals surface area contributed by atoms with Crippen molar-refractivity contribution in [2.45, 2.75) is 18.4 Å². The monoisotopic (exact) mass is 439 g/mol. The first-order valence-electron chi connectivity index (χ1n) is 9.66. The Labute approximate surface area is 184 Å². The molecule has 0 spiro atoms. The molecular weight excluding hydrogens is 412 g/mol. The first-order chi connectivity index (χ1) is 13.1. The number of hydrogen-bond donors (Lipinski definition) is 1. The van der Waals surface area contributed by atoms with Crippen LogP contribution in [-0.2, 0) is 4.79 Å². The van der Waals surface area contributed by atoms with E-state index in [1.165, 1.54) is 17.7 Å². The lowest BCUT2D eigenvalue weighted by Crippen LogP contribution is -2.49. The Balaban J connectivity index is 0.00000150. The summed E-state index contributed by atoms with van der Waals surface area (Å²) in [4.78, 5) is 16.5. The Hall–Kier alpha value is -1.66. The minimum atomic E-state index is -0.214. The lowest BCUT2D eigenvalue weighted by Gasteiger charge is -2.32. The number of amides is 1. The molecule has 1 heterocycles. The molecule has 2 fully saturated rings. The van der Waals surface area contributed by atoms with Crippen LogP contribution in [0.5, 0.6) is 0 Å². The second-order valence-corrected chi connectivity index (χ2v) is 7.64. The fourth-order valence-electron chi connectivity index (χ4n) is 3.74. The average Bonchev–Trinajstić information content (AvgIpc) is 3.47. The Morgan fingerprint density at radius 2 is 1.52 bits per heavy atom. The average molecular weight is 440 g/mol. The minimum Gasteiger partial charge on any atom is -0.339 e. The highest BCUT2D eigenvalue weighted by molar-refractivity contribution is 5.85. The normalized spacial score (nSPS) is 21.1. The molecule has 2 atom stereocenters. The van der Waals surface area contributed by atoms with Gasteiger partial charge in [-0.1, -0.05) is 36.4 Å². The summed E-state index contributed by atoms with van der Waals surface area (Å²) in [6.07, 6.45) is 1.08. The molecular formula is C22H28Cl2FN3O. The zero-order chi connectivity index (χ0) is 18.8. The second-order valence-electron chi connectivity index (χ2n) is 7.64. The van der Waals surface area contributed by atoms with Crippen LogP contribution in [-0.4, -0.2) is 61.5 Å². The van der Waals surface area contributed by atoms with Crippen molar-refractivity contribution in [3.05, 3.63) is 59.9 Å². The quantitative estimate of drug-likeness (QED) is 0.773. The zero-order valence-corrected chi connectivity index (χ0v) is 18.1. The molecule has 1 saturated carbocycles. The summed E-state index contributed by atoms with van der Waals surface area (Å²) in [5, 5.41) is 3.42. The standard InChI is InChI=1S/C22H26FN3O.2ClH/c1-25-10-12-26(13-11-25)22(27)15-24-21-14-20(21)18-4-2-16(3-5-18)17-6-8-19(23)9-7-17;;/h2-9,20-21,24H,10-15H2,1H3;2*1H/t20?,21-;;/m0../s1. The molecule has 2 aliphatic rings. The van der Waals surface area contributed by atoms with E-state index in [9.17, 15) is 9.18 Å². The van der Waals surface area contributed by atoms with E-state index in [4.69, 9.17) is 0 Å². The Morgan fingerprint density at radius 1 is 0.966 bits per heavy atom. The number of rotatable bonds is 5. The summed E-state index contributed by atoms with van der Waals surface area (Å²) in [7, 11) is 2.09. The predicted octanol–water partition coefficient (Wildman–Crippen LogP) is 3.56. The number of carbonyl (C=O) groups is 1. The highest BCUT2D eigenvalue weighted by Gasteiger charge is 2.38. The fourth-order valence-corrected chi connectivity index (χ4v) is 3.74. The summed E-state index contributed by atoms with van der Waals surface area (Å²) in [6.45, 7) is 4.00. The van der Waals surface area contributed by atoms with Crippen LogP contribution >= 0.6 is 24.8 Å². The summed E-state index contributed by atoms with van der Waals surface area (Å²) in [5.41, 5.74) is 3.41. The minimum absolute atomic E-state index is 0. The maximum Gasteiger partial charge on any atom is 0.236 e. The van der Waals surface area contributed by atoms with Crippen LogP contribution in [0.3, 0.4) is 0 Å². The highest BCUT2D eigenvalue weighted by Crippen LogP contribution is 2.41. The molecule has 4 nitrogen and oxygen atoms in total. The second kappa shape index (κ2) is 10.4. The van der Waals surface area contributed by atoms with Crippen LogP contribution in [0.15, 0.2) is 48.5 Å². The number of halogens is 3. The molecule has 158 valence electrons. The summed E-state index contributed by atoms with van der Waals surface area (Å²) in [5.74, 6) is 0.473. The number of likely N-dealkylation sites (N-methyl/N-ethyl adjacent to an activating group) is 1. The van der Waals surface area contributed by atoms with E-state index in [0.29, 0.717) is 18.5 Å². The fraction of sp³-hybridized carbons (Fsp3) is 0.409. The molecule has 1 N–H and O–H groups in total. The molecule has 0 bridgehead atoms. The van der Waals surface area contributed by atoms with Crippen LogP contribution in [0.25, 0.3) is 11.1 Å². The van der Waals surface area contributed by atoms with E-state index in [1.807, 2.05) is 4.90 Å². The van der Waals surface area contributed by atoms with Gasteiger partial charge in [0.05, 0.1) is 6.54 Å². The lowest BCUT2D eigenvalue weighted by atomic mass is 10.0. The number of hydrogen-bond acceptors (Lipinski definition) is 3. The van der Waals surface area contributed by atoms with Crippen molar-refractivity contribution in [1.29, 1.82) is 0 Å². The van der Waals surface area contributed by atoms with Crippen molar-refractivity contribution in [2.75, 3.05) is 39.8 Å². The van der Waals surface area contributed by atoms with E-state index in [-0.39, 0.29) is 36.5 Å². The SMILES string of the molecule is CN1CCN(C(=O)CN[C@H]2CC2c2ccc(-c3ccc(F)cc3)cc2)CC1.Cl.Cl. The molecule has 29 heavy (non-hydrogen) atoms. The van der Waals surface area contributed by atoms with Crippen molar-refractivity contribution < 1.29 is 9.18 Å². The molecule has 1 amide bonds. The van der Waals surface area contributed by atoms with Gasteiger partial charge in [0.1, 0.15) is 5.82 Å². The largest absolute Gasteiger partial charge is 0.339 e. The van der Waals surface area contributed by atoms with Gasteiger partial charge >= 0.3 is 0 Å². The van der Waals surface area contributed by atoms with Crippen molar-refractivity contribution >= 4 is 30.7 Å². The Kier molecular flexibility index (Phi) is 8.46. The van der Waals surface area contributed by atoms with Gasteiger partial charge in [-0.05, 0) is 42.3 Å². The van der Waals surface area contributed by atoms with Gasteiger partial charge in [0, 0.05) is 38.1 Å². The Morgan fingerprint density at radius 3 is 2.10 bits per heavy atom. The van der Waals surface area contributed by atoms with Crippen molar-refractivity contribution in [3.63, 3.8) is 0 Å². The number of nitrogens with zero attached hydrogens (tertiary/aromatic N) is 2. The molecule has 1 saturated heterocycles. The van der Waals surface area contributed by atoms with Gasteiger partial charge in [0.25, 0.3) is 0 Å². The lowest BCUT2D eigenvalue weighted by molar-refractivity contribution is -0.131. The van der Waals surface area contributed by atoms with Crippen molar-refractivity contribution in [2.24, 2.45) is 0 Å². The van der Waals surface area contributed by atoms with Crippen LogP contribution in [0.4, 0.5) is 4.39 Å². The topological polar surface area (TPSA) is 35.6 Å². The van der Waals surface area contributed by atoms with E-state index < -0.39 is 0 Å². The van der Waals surface area contributed by atoms with Crippen LogP contribution < -0.4 is 5.32 Å². The van der Waals surface area contributed by atoms with E-state index >= 15 is 0 Å². The van der Waals surface area contributed by atoms with Gasteiger partial charge in [0.15, 0.2) is 0 Å².